The molecule has 2 atom stereocenters. The summed E-state index contributed by atoms with van der Waals surface area (Å²) in [7, 11) is 0. The lowest BCUT2D eigenvalue weighted by Crippen LogP contribution is -2.17. The van der Waals surface area contributed by atoms with Gasteiger partial charge in [0.25, 0.3) is 0 Å². The summed E-state index contributed by atoms with van der Waals surface area (Å²) in [5.41, 5.74) is 5.34. The Hall–Kier alpha value is -0.120. The summed E-state index contributed by atoms with van der Waals surface area (Å²) in [5.74, 6) is 0.440. The van der Waals surface area contributed by atoms with E-state index in [1.807, 2.05) is 0 Å². The Morgan fingerprint density at radius 1 is 1.20 bits per heavy atom. The fourth-order valence-electron chi connectivity index (χ4n) is 1.56. The second kappa shape index (κ2) is 3.32. The van der Waals surface area contributed by atoms with Crippen LogP contribution in [0.5, 0.6) is 0 Å². The van der Waals surface area contributed by atoms with E-state index in [2.05, 4.69) is 0 Å². The van der Waals surface area contributed by atoms with Crippen molar-refractivity contribution < 1.29 is 10.2 Å². The van der Waals surface area contributed by atoms with Gasteiger partial charge in [-0.05, 0) is 31.7 Å². The maximum absolute atomic E-state index is 9.10. The molecule has 0 radical (unpaired) electrons. The summed E-state index contributed by atoms with van der Waals surface area (Å²) in [6.07, 6.45) is 1.36. The van der Waals surface area contributed by atoms with E-state index in [0.29, 0.717) is 12.5 Å². The van der Waals surface area contributed by atoms with Gasteiger partial charge < -0.3 is 15.9 Å². The van der Waals surface area contributed by atoms with E-state index < -0.39 is 12.2 Å². The van der Waals surface area contributed by atoms with Crippen molar-refractivity contribution in [3.05, 3.63) is 0 Å². The van der Waals surface area contributed by atoms with Crippen LogP contribution in [0.2, 0.25) is 0 Å². The van der Waals surface area contributed by atoms with E-state index in [4.69, 9.17) is 15.9 Å². The van der Waals surface area contributed by atoms with Crippen LogP contribution in [0.3, 0.4) is 0 Å². The Kier molecular flexibility index (Phi) is 2.65. The molecule has 1 aliphatic carbocycles. The minimum atomic E-state index is -0.503. The van der Waals surface area contributed by atoms with Gasteiger partial charge in [0.15, 0.2) is 0 Å². The van der Waals surface area contributed by atoms with Crippen LogP contribution in [0.4, 0.5) is 0 Å². The Labute approximate surface area is 60.9 Å². The molecule has 4 N–H and O–H groups in total. The van der Waals surface area contributed by atoms with E-state index in [9.17, 15) is 0 Å². The third-order valence-electron chi connectivity index (χ3n) is 2.17. The van der Waals surface area contributed by atoms with Crippen molar-refractivity contribution in [1.29, 1.82) is 0 Å². The summed E-state index contributed by atoms with van der Waals surface area (Å²) in [4.78, 5) is 0. The van der Waals surface area contributed by atoms with E-state index in [1.165, 1.54) is 0 Å². The summed E-state index contributed by atoms with van der Waals surface area (Å²) in [6.45, 7) is 0.657. The first-order chi connectivity index (χ1) is 4.74. The van der Waals surface area contributed by atoms with Gasteiger partial charge in [0, 0.05) is 0 Å². The molecule has 0 unspecified atom stereocenters. The molecule has 0 aromatic rings. The van der Waals surface area contributed by atoms with Crippen molar-refractivity contribution >= 4 is 0 Å². The Balaban J connectivity index is 2.27. The van der Waals surface area contributed by atoms with Gasteiger partial charge in [-0.15, -0.1) is 0 Å². The molecule has 0 saturated heterocycles. The standard InChI is InChI=1S/C7H15NO2/c8-2-1-5-3-6(9)7(10)4-5/h5-7,9-10H,1-4,8H2/t6-,7-/m0/s1. The molecule has 0 bridgehead atoms. The maximum Gasteiger partial charge on any atom is 0.0801 e. The smallest absolute Gasteiger partial charge is 0.0801 e. The lowest BCUT2D eigenvalue weighted by molar-refractivity contribution is 0.0438. The highest BCUT2D eigenvalue weighted by Gasteiger charge is 2.30. The fraction of sp³-hybridized carbons (Fsp3) is 1.00. The van der Waals surface area contributed by atoms with E-state index in [1.54, 1.807) is 0 Å². The molecule has 0 amide bonds. The number of rotatable bonds is 2. The minimum Gasteiger partial charge on any atom is -0.390 e. The van der Waals surface area contributed by atoms with E-state index in [-0.39, 0.29) is 0 Å². The molecule has 1 rings (SSSR count). The Morgan fingerprint density at radius 3 is 2.10 bits per heavy atom. The molecule has 0 aromatic carbocycles. The van der Waals surface area contributed by atoms with Crippen LogP contribution in [-0.2, 0) is 0 Å². The highest BCUT2D eigenvalue weighted by molar-refractivity contribution is 4.82. The number of hydrogen-bond donors (Lipinski definition) is 3. The number of hydrogen-bond acceptors (Lipinski definition) is 3. The summed E-state index contributed by atoms with van der Waals surface area (Å²) in [5, 5.41) is 18.2. The first-order valence-corrected chi connectivity index (χ1v) is 3.80. The van der Waals surface area contributed by atoms with Crippen molar-refractivity contribution in [3.8, 4) is 0 Å². The molecule has 60 valence electrons. The second-order valence-electron chi connectivity index (χ2n) is 3.05. The van der Waals surface area contributed by atoms with Gasteiger partial charge in [-0.25, -0.2) is 0 Å². The van der Waals surface area contributed by atoms with Crippen molar-refractivity contribution in [2.45, 2.75) is 31.5 Å². The molecule has 0 aromatic heterocycles. The number of nitrogens with two attached hydrogens (primary N) is 1. The van der Waals surface area contributed by atoms with Crippen molar-refractivity contribution in [2.24, 2.45) is 11.7 Å². The van der Waals surface area contributed by atoms with Crippen LogP contribution in [0.25, 0.3) is 0 Å². The zero-order valence-electron chi connectivity index (χ0n) is 6.03. The molecule has 3 heteroatoms. The molecule has 0 spiro atoms. The first kappa shape index (κ1) is 7.98. The zero-order chi connectivity index (χ0) is 7.56. The summed E-state index contributed by atoms with van der Waals surface area (Å²) in [6, 6.07) is 0. The molecule has 10 heavy (non-hydrogen) atoms. The van der Waals surface area contributed by atoms with Crippen molar-refractivity contribution in [1.82, 2.24) is 0 Å². The van der Waals surface area contributed by atoms with Crippen LogP contribution in [0.15, 0.2) is 0 Å². The van der Waals surface area contributed by atoms with Gasteiger partial charge >= 0.3 is 0 Å². The lowest BCUT2D eigenvalue weighted by Gasteiger charge is -2.04. The van der Waals surface area contributed by atoms with Gasteiger partial charge in [-0.2, -0.15) is 0 Å². The highest BCUT2D eigenvalue weighted by Crippen LogP contribution is 2.27. The summed E-state index contributed by atoms with van der Waals surface area (Å²) < 4.78 is 0. The molecular weight excluding hydrogens is 130 g/mol. The predicted molar refractivity (Wildman–Crippen MR) is 38.4 cm³/mol. The summed E-state index contributed by atoms with van der Waals surface area (Å²) >= 11 is 0. The first-order valence-electron chi connectivity index (χ1n) is 3.80. The van der Waals surface area contributed by atoms with Crippen LogP contribution in [0, 0.1) is 5.92 Å². The minimum absolute atomic E-state index is 0.440. The number of aliphatic hydroxyl groups is 2. The fourth-order valence-corrected chi connectivity index (χ4v) is 1.56. The predicted octanol–water partition coefficient (Wildman–Crippen LogP) is -0.533. The van der Waals surface area contributed by atoms with Gasteiger partial charge in [0.1, 0.15) is 0 Å². The van der Waals surface area contributed by atoms with E-state index >= 15 is 0 Å². The average molecular weight is 145 g/mol. The topological polar surface area (TPSA) is 66.5 Å². The largest absolute Gasteiger partial charge is 0.390 e. The van der Waals surface area contributed by atoms with Crippen molar-refractivity contribution in [3.63, 3.8) is 0 Å². The molecule has 1 fully saturated rings. The van der Waals surface area contributed by atoms with Gasteiger partial charge in [-0.1, -0.05) is 0 Å². The Bertz CT molecular complexity index is 97.8. The van der Waals surface area contributed by atoms with Gasteiger partial charge in [-0.3, -0.25) is 0 Å². The normalized spacial score (nSPS) is 35.1. The molecule has 0 aliphatic heterocycles. The van der Waals surface area contributed by atoms with Gasteiger partial charge in [0.05, 0.1) is 12.2 Å². The molecule has 1 saturated carbocycles. The highest BCUT2D eigenvalue weighted by atomic mass is 16.3. The third-order valence-corrected chi connectivity index (χ3v) is 2.17. The quantitative estimate of drug-likeness (QED) is 0.489. The maximum atomic E-state index is 9.10. The molecule has 3 nitrogen and oxygen atoms in total. The SMILES string of the molecule is NCCC1C[C@H](O)[C@@H](O)C1. The van der Waals surface area contributed by atoms with Crippen LogP contribution >= 0.6 is 0 Å². The van der Waals surface area contributed by atoms with Crippen LogP contribution in [-0.4, -0.2) is 29.0 Å². The third kappa shape index (κ3) is 1.68. The molecule has 1 aliphatic rings. The van der Waals surface area contributed by atoms with Crippen LogP contribution in [0.1, 0.15) is 19.3 Å². The average Bonchev–Trinajstić information content (AvgIpc) is 2.14. The van der Waals surface area contributed by atoms with E-state index in [0.717, 1.165) is 19.3 Å². The zero-order valence-corrected chi connectivity index (χ0v) is 6.03. The molecule has 0 heterocycles. The number of aliphatic hydroxyl groups excluding tert-OH is 2. The molecular formula is C7H15NO2. The lowest BCUT2D eigenvalue weighted by atomic mass is 10.0. The second-order valence-corrected chi connectivity index (χ2v) is 3.05. The van der Waals surface area contributed by atoms with Crippen LogP contribution < -0.4 is 5.73 Å². The van der Waals surface area contributed by atoms with Crippen molar-refractivity contribution in [2.75, 3.05) is 6.54 Å². The Morgan fingerprint density at radius 2 is 1.70 bits per heavy atom. The monoisotopic (exact) mass is 145 g/mol. The van der Waals surface area contributed by atoms with Gasteiger partial charge in [0.2, 0.25) is 0 Å².